The standard InChI is InChI=1S/C23H20O10/c1-31-22-16(27)7-11(8-17(22)28)23(30)33-19-9-12-13(24)3-2-4-18(12)32-21(19)10-5-14(25)20(29)15(26)6-10/h2-8,19,21,24-29H,9H2,1H3/t19-,21-/m1/s1. The first-order chi connectivity index (χ1) is 15.7. The summed E-state index contributed by atoms with van der Waals surface area (Å²) in [4.78, 5) is 12.8. The van der Waals surface area contributed by atoms with Crippen LogP contribution in [0.25, 0.3) is 0 Å². The molecule has 6 N–H and O–H groups in total. The summed E-state index contributed by atoms with van der Waals surface area (Å²) >= 11 is 0. The number of carbonyl (C=O) groups is 1. The van der Waals surface area contributed by atoms with Crippen LogP contribution in [0.5, 0.6) is 46.0 Å². The first-order valence-electron chi connectivity index (χ1n) is 9.73. The van der Waals surface area contributed by atoms with Gasteiger partial charge in [0.05, 0.1) is 12.7 Å². The molecule has 0 saturated carbocycles. The summed E-state index contributed by atoms with van der Waals surface area (Å²) in [6.07, 6.45) is -2.09. The van der Waals surface area contributed by atoms with Gasteiger partial charge in [0.1, 0.15) is 17.6 Å². The third kappa shape index (κ3) is 3.93. The Morgan fingerprint density at radius 3 is 2.15 bits per heavy atom. The molecule has 0 unspecified atom stereocenters. The van der Waals surface area contributed by atoms with E-state index in [9.17, 15) is 35.4 Å². The lowest BCUT2D eigenvalue weighted by Crippen LogP contribution is -2.34. The molecule has 1 aliphatic rings. The van der Waals surface area contributed by atoms with Gasteiger partial charge in [-0.1, -0.05) is 6.07 Å². The zero-order valence-electron chi connectivity index (χ0n) is 17.2. The molecule has 10 heteroatoms. The van der Waals surface area contributed by atoms with Gasteiger partial charge in [0.2, 0.25) is 5.75 Å². The summed E-state index contributed by atoms with van der Waals surface area (Å²) in [5, 5.41) is 59.7. The molecule has 0 spiro atoms. The van der Waals surface area contributed by atoms with Crippen LogP contribution in [0.4, 0.5) is 0 Å². The number of aromatic hydroxyl groups is 6. The van der Waals surface area contributed by atoms with Gasteiger partial charge in [-0.15, -0.1) is 0 Å². The Morgan fingerprint density at radius 2 is 1.55 bits per heavy atom. The molecule has 1 aliphatic heterocycles. The lowest BCUT2D eigenvalue weighted by Gasteiger charge is -2.34. The average molecular weight is 456 g/mol. The van der Waals surface area contributed by atoms with Crippen molar-refractivity contribution in [1.82, 2.24) is 0 Å². The molecule has 0 amide bonds. The SMILES string of the molecule is COc1c(O)cc(C(=O)O[C@@H]2Cc3c(O)cccc3O[C@@H]2c2cc(O)c(O)c(O)c2)cc1O. The van der Waals surface area contributed by atoms with Gasteiger partial charge >= 0.3 is 5.97 Å². The number of rotatable bonds is 4. The van der Waals surface area contributed by atoms with Gasteiger partial charge in [-0.05, 0) is 36.4 Å². The van der Waals surface area contributed by atoms with Crippen LogP contribution in [-0.4, -0.2) is 49.8 Å². The number of methoxy groups -OCH3 is 1. The van der Waals surface area contributed by atoms with Crippen molar-refractivity contribution in [3.8, 4) is 46.0 Å². The third-order valence-electron chi connectivity index (χ3n) is 5.27. The minimum absolute atomic E-state index is 0.00886. The number of carbonyl (C=O) groups excluding carboxylic acids is 1. The van der Waals surface area contributed by atoms with Crippen LogP contribution in [0.3, 0.4) is 0 Å². The van der Waals surface area contributed by atoms with Crippen LogP contribution < -0.4 is 9.47 Å². The molecular weight excluding hydrogens is 436 g/mol. The van der Waals surface area contributed by atoms with Crippen LogP contribution in [0, 0.1) is 0 Å². The van der Waals surface area contributed by atoms with E-state index in [1.165, 1.54) is 13.2 Å². The minimum Gasteiger partial charge on any atom is -0.508 e. The molecule has 4 rings (SSSR count). The van der Waals surface area contributed by atoms with Gasteiger partial charge in [0.25, 0.3) is 0 Å². The predicted octanol–water partition coefficient (Wildman–Crippen LogP) is 2.83. The quantitative estimate of drug-likeness (QED) is 0.254. The smallest absolute Gasteiger partial charge is 0.338 e. The fourth-order valence-electron chi connectivity index (χ4n) is 3.70. The van der Waals surface area contributed by atoms with E-state index in [1.807, 2.05) is 0 Å². The Labute approximate surface area is 187 Å². The predicted molar refractivity (Wildman–Crippen MR) is 112 cm³/mol. The molecule has 0 fully saturated rings. The van der Waals surface area contributed by atoms with E-state index in [0.29, 0.717) is 11.3 Å². The van der Waals surface area contributed by atoms with Crippen LogP contribution in [-0.2, 0) is 11.2 Å². The molecule has 3 aromatic rings. The van der Waals surface area contributed by atoms with Crippen molar-refractivity contribution in [2.75, 3.05) is 7.11 Å². The van der Waals surface area contributed by atoms with E-state index in [2.05, 4.69) is 0 Å². The van der Waals surface area contributed by atoms with Crippen LogP contribution >= 0.6 is 0 Å². The van der Waals surface area contributed by atoms with Gasteiger partial charge < -0.3 is 44.8 Å². The van der Waals surface area contributed by atoms with Crippen LogP contribution in [0.1, 0.15) is 27.6 Å². The fraction of sp³-hybridized carbons (Fsp3) is 0.174. The molecule has 0 radical (unpaired) electrons. The van der Waals surface area contributed by atoms with Crippen molar-refractivity contribution in [2.45, 2.75) is 18.6 Å². The second kappa shape index (κ2) is 8.23. The zero-order chi connectivity index (χ0) is 23.9. The van der Waals surface area contributed by atoms with Crippen molar-refractivity contribution >= 4 is 5.97 Å². The number of phenols is 6. The van der Waals surface area contributed by atoms with Gasteiger partial charge in [-0.2, -0.15) is 0 Å². The van der Waals surface area contributed by atoms with E-state index >= 15 is 0 Å². The molecular formula is C23H20O10. The summed E-state index contributed by atoms with van der Waals surface area (Å²) in [7, 11) is 1.24. The average Bonchev–Trinajstić information content (AvgIpc) is 2.77. The first-order valence-corrected chi connectivity index (χ1v) is 9.73. The summed E-state index contributed by atoms with van der Waals surface area (Å²) in [5.41, 5.74) is 0.387. The normalized spacial score (nSPS) is 17.0. The molecule has 172 valence electrons. The second-order valence-corrected chi connectivity index (χ2v) is 7.40. The van der Waals surface area contributed by atoms with E-state index in [1.54, 1.807) is 12.1 Å². The highest BCUT2D eigenvalue weighted by Crippen LogP contribution is 2.44. The van der Waals surface area contributed by atoms with Crippen LogP contribution in [0.2, 0.25) is 0 Å². The number of phenolic OH excluding ortho intramolecular Hbond substituents is 6. The lowest BCUT2D eigenvalue weighted by molar-refractivity contribution is -0.0188. The Balaban J connectivity index is 1.72. The maximum Gasteiger partial charge on any atom is 0.338 e. The van der Waals surface area contributed by atoms with E-state index < -0.39 is 46.9 Å². The topological polar surface area (TPSA) is 166 Å². The van der Waals surface area contributed by atoms with E-state index in [4.69, 9.17) is 14.2 Å². The molecule has 3 aromatic carbocycles. The number of fused-ring (bicyclic) bond motifs is 1. The van der Waals surface area contributed by atoms with E-state index in [0.717, 1.165) is 24.3 Å². The van der Waals surface area contributed by atoms with Crippen molar-refractivity contribution in [1.29, 1.82) is 0 Å². The summed E-state index contributed by atoms with van der Waals surface area (Å²) in [5.74, 6) is -3.79. The molecule has 0 aromatic heterocycles. The minimum atomic E-state index is -1.06. The van der Waals surface area contributed by atoms with Crippen molar-refractivity contribution in [3.05, 3.63) is 59.2 Å². The fourth-order valence-corrected chi connectivity index (χ4v) is 3.70. The van der Waals surface area contributed by atoms with Crippen molar-refractivity contribution in [3.63, 3.8) is 0 Å². The number of hydrogen-bond acceptors (Lipinski definition) is 10. The molecule has 1 heterocycles. The highest BCUT2D eigenvalue weighted by Gasteiger charge is 2.37. The molecule has 10 nitrogen and oxygen atoms in total. The van der Waals surface area contributed by atoms with Gasteiger partial charge in [0, 0.05) is 17.5 Å². The lowest BCUT2D eigenvalue weighted by atomic mass is 9.93. The number of ether oxygens (including phenoxy) is 3. The number of benzene rings is 3. The summed E-state index contributed by atoms with van der Waals surface area (Å²) in [6.45, 7) is 0. The van der Waals surface area contributed by atoms with Crippen LogP contribution in [0.15, 0.2) is 42.5 Å². The second-order valence-electron chi connectivity index (χ2n) is 7.40. The van der Waals surface area contributed by atoms with E-state index in [-0.39, 0.29) is 29.0 Å². The van der Waals surface area contributed by atoms with Gasteiger partial charge in [-0.25, -0.2) is 4.79 Å². The molecule has 0 bridgehead atoms. The largest absolute Gasteiger partial charge is 0.508 e. The molecule has 33 heavy (non-hydrogen) atoms. The van der Waals surface area contributed by atoms with Crippen molar-refractivity contribution < 1.29 is 49.6 Å². The molecule has 0 aliphatic carbocycles. The van der Waals surface area contributed by atoms with Crippen molar-refractivity contribution in [2.24, 2.45) is 0 Å². The Bertz CT molecular complexity index is 1190. The number of hydrogen-bond donors (Lipinski definition) is 6. The Morgan fingerprint density at radius 1 is 0.909 bits per heavy atom. The Hall–Kier alpha value is -4.47. The summed E-state index contributed by atoms with van der Waals surface area (Å²) < 4.78 is 16.4. The Kier molecular flexibility index (Phi) is 5.42. The monoisotopic (exact) mass is 456 g/mol. The first kappa shape index (κ1) is 21.8. The summed E-state index contributed by atoms with van der Waals surface area (Å²) in [6, 6.07) is 9.02. The highest BCUT2D eigenvalue weighted by molar-refractivity contribution is 5.91. The molecule has 0 saturated heterocycles. The van der Waals surface area contributed by atoms with Gasteiger partial charge in [0.15, 0.2) is 34.9 Å². The highest BCUT2D eigenvalue weighted by atomic mass is 16.6. The maximum atomic E-state index is 12.8. The third-order valence-corrected chi connectivity index (χ3v) is 5.27. The van der Waals surface area contributed by atoms with Gasteiger partial charge in [-0.3, -0.25) is 0 Å². The zero-order valence-corrected chi connectivity index (χ0v) is 17.2. The molecule has 2 atom stereocenters. The number of esters is 1. The maximum absolute atomic E-state index is 12.8.